The van der Waals surface area contributed by atoms with E-state index in [-0.39, 0.29) is 0 Å². The molecule has 2 nitrogen and oxygen atoms in total. The molecule has 11 aliphatic carbocycles. The SMILES string of the molecule is [C-]#[N+]C1CCC(/C(=C\C2C3CCCCC3C(C3CCC(C4C5CCCCC5C(/C=C(/C5CCCCC5)C5CCC(N=C)CC5)C5CCCCC54)CC3)C3CCCCC23)C2CCCCC2)CC1. The minimum Gasteiger partial charge on any atom is -0.314 e. The van der Waals surface area contributed by atoms with E-state index in [1.54, 1.807) is 77.0 Å². The van der Waals surface area contributed by atoms with Gasteiger partial charge in [-0.05, 0) is 254 Å². The van der Waals surface area contributed by atoms with Crippen molar-refractivity contribution in [3.05, 3.63) is 34.7 Å². The summed E-state index contributed by atoms with van der Waals surface area (Å²) in [6.45, 7) is 11.8. The van der Waals surface area contributed by atoms with Gasteiger partial charge in [-0.15, -0.1) is 0 Å². The van der Waals surface area contributed by atoms with E-state index < -0.39 is 0 Å². The van der Waals surface area contributed by atoms with Crippen molar-refractivity contribution in [2.45, 2.75) is 256 Å². The van der Waals surface area contributed by atoms with Gasteiger partial charge in [0.25, 0.3) is 0 Å². The van der Waals surface area contributed by atoms with Crippen LogP contribution in [0.25, 0.3) is 4.85 Å². The Hall–Kier alpha value is -1.36. The Morgan fingerprint density at radius 1 is 0.348 bits per heavy atom. The van der Waals surface area contributed by atoms with Crippen LogP contribution in [-0.2, 0) is 0 Å². The second-order valence-electron chi connectivity index (χ2n) is 26.8. The molecule has 0 aliphatic heterocycles. The van der Waals surface area contributed by atoms with Gasteiger partial charge in [0, 0.05) is 18.9 Å². The molecule has 11 saturated carbocycles. The van der Waals surface area contributed by atoms with Crippen LogP contribution in [-0.4, -0.2) is 18.8 Å². The number of aliphatic imine (C=N–C) groups is 1. The molecule has 8 atom stereocenters. The van der Waals surface area contributed by atoms with Crippen LogP contribution in [0.1, 0.15) is 244 Å². The normalized spacial score (nSPS) is 46.7. The van der Waals surface area contributed by atoms with Crippen LogP contribution in [0.15, 0.2) is 28.3 Å². The smallest absolute Gasteiger partial charge is 0.223 e. The highest BCUT2D eigenvalue weighted by Crippen LogP contribution is 2.64. The number of allylic oxidation sites excluding steroid dienone is 4. The lowest BCUT2D eigenvalue weighted by Gasteiger charge is -2.60. The van der Waals surface area contributed by atoms with E-state index >= 15 is 0 Å². The molecule has 0 N–H and O–H groups in total. The van der Waals surface area contributed by atoms with E-state index in [1.807, 2.05) is 11.1 Å². The van der Waals surface area contributed by atoms with Gasteiger partial charge in [-0.3, -0.25) is 4.99 Å². The van der Waals surface area contributed by atoms with Gasteiger partial charge >= 0.3 is 0 Å². The summed E-state index contributed by atoms with van der Waals surface area (Å²) in [5, 5.41) is 0. The van der Waals surface area contributed by atoms with Gasteiger partial charge in [0.15, 0.2) is 0 Å². The predicted molar refractivity (Wildman–Crippen MR) is 278 cm³/mol. The van der Waals surface area contributed by atoms with Crippen molar-refractivity contribution < 1.29 is 0 Å². The number of nitrogens with zero attached hydrogens (tertiary/aromatic N) is 2. The fourth-order valence-electron chi connectivity index (χ4n) is 21.3. The molecular weight excluding hydrogens is 797 g/mol. The Kier molecular flexibility index (Phi) is 15.6. The Bertz CT molecular complexity index is 1610. The highest BCUT2D eigenvalue weighted by molar-refractivity contribution is 5.25. The molecule has 0 radical (unpaired) electrons. The first-order valence-corrected chi connectivity index (χ1v) is 30.9. The molecular formula is C64H100N2. The fraction of sp³-hybridized carbons (Fsp3) is 0.906. The summed E-state index contributed by atoms with van der Waals surface area (Å²) in [7, 11) is 0. The zero-order valence-corrected chi connectivity index (χ0v) is 42.7. The Balaban J connectivity index is 0.835. The summed E-state index contributed by atoms with van der Waals surface area (Å²) < 4.78 is 0. The summed E-state index contributed by atoms with van der Waals surface area (Å²) >= 11 is 0. The van der Waals surface area contributed by atoms with Gasteiger partial charge in [0.1, 0.15) is 0 Å². The molecule has 0 spiro atoms. The fourth-order valence-corrected chi connectivity index (χ4v) is 21.3. The van der Waals surface area contributed by atoms with Gasteiger partial charge in [0.05, 0.1) is 0 Å². The molecule has 66 heavy (non-hydrogen) atoms. The van der Waals surface area contributed by atoms with Crippen molar-refractivity contribution in [2.24, 2.45) is 112 Å². The monoisotopic (exact) mass is 897 g/mol. The molecule has 11 fully saturated rings. The first-order chi connectivity index (χ1) is 32.7. The highest BCUT2D eigenvalue weighted by atomic mass is 14.7. The van der Waals surface area contributed by atoms with Gasteiger partial charge in [-0.25, -0.2) is 6.57 Å². The molecule has 0 aromatic heterocycles. The lowest BCUT2D eigenvalue weighted by molar-refractivity contribution is -0.0967. The van der Waals surface area contributed by atoms with E-state index in [4.69, 9.17) is 6.57 Å². The third-order valence-electron chi connectivity index (χ3n) is 24.1. The summed E-state index contributed by atoms with van der Waals surface area (Å²) in [5.41, 5.74) is 3.98. The number of hydrogen-bond acceptors (Lipinski definition) is 1. The molecule has 2 heteroatoms. The first-order valence-electron chi connectivity index (χ1n) is 30.9. The number of rotatable bonds is 9. The molecule has 0 saturated heterocycles. The second kappa shape index (κ2) is 22.0. The maximum atomic E-state index is 7.81. The van der Waals surface area contributed by atoms with Crippen LogP contribution in [0.5, 0.6) is 0 Å². The van der Waals surface area contributed by atoms with Crippen molar-refractivity contribution >= 4 is 6.72 Å². The lowest BCUT2D eigenvalue weighted by atomic mass is 9.45. The van der Waals surface area contributed by atoms with E-state index in [9.17, 15) is 0 Å². The second-order valence-corrected chi connectivity index (χ2v) is 26.8. The molecule has 366 valence electrons. The van der Waals surface area contributed by atoms with Crippen molar-refractivity contribution in [1.82, 2.24) is 0 Å². The Morgan fingerprint density at radius 3 is 0.985 bits per heavy atom. The minimum atomic E-state index is 0.310. The molecule has 0 aromatic rings. The molecule has 11 rings (SSSR count). The molecule has 0 aromatic carbocycles. The summed E-state index contributed by atoms with van der Waals surface area (Å²) in [6, 6.07) is 0.840. The third kappa shape index (κ3) is 9.70. The van der Waals surface area contributed by atoms with E-state index in [0.29, 0.717) is 12.1 Å². The third-order valence-corrected chi connectivity index (χ3v) is 24.1. The van der Waals surface area contributed by atoms with Crippen molar-refractivity contribution in [3.63, 3.8) is 0 Å². The molecule has 8 unspecified atom stereocenters. The van der Waals surface area contributed by atoms with Crippen molar-refractivity contribution in [2.75, 3.05) is 0 Å². The van der Waals surface area contributed by atoms with Gasteiger partial charge in [0.2, 0.25) is 6.04 Å². The molecule has 0 bridgehead atoms. The summed E-state index contributed by atoms with van der Waals surface area (Å²) in [5.74, 6) is 17.3. The molecule has 0 amide bonds. The largest absolute Gasteiger partial charge is 0.314 e. The summed E-state index contributed by atoms with van der Waals surface area (Å²) in [4.78, 5) is 8.63. The lowest BCUT2D eigenvalue weighted by Crippen LogP contribution is -2.53. The van der Waals surface area contributed by atoms with Crippen LogP contribution in [0, 0.1) is 113 Å². The maximum absolute atomic E-state index is 7.81. The van der Waals surface area contributed by atoms with Crippen LogP contribution < -0.4 is 0 Å². The molecule has 0 heterocycles. The van der Waals surface area contributed by atoms with E-state index in [1.165, 1.54) is 167 Å². The zero-order chi connectivity index (χ0) is 44.4. The number of fused-ring (bicyclic) bond motifs is 4. The average molecular weight is 898 g/mol. The Morgan fingerprint density at radius 2 is 0.652 bits per heavy atom. The zero-order valence-electron chi connectivity index (χ0n) is 42.7. The van der Waals surface area contributed by atoms with E-state index in [2.05, 4.69) is 28.7 Å². The highest BCUT2D eigenvalue weighted by Gasteiger charge is 2.56. The van der Waals surface area contributed by atoms with Crippen molar-refractivity contribution in [3.8, 4) is 0 Å². The van der Waals surface area contributed by atoms with Gasteiger partial charge in [-0.2, -0.15) is 0 Å². The maximum Gasteiger partial charge on any atom is 0.223 e. The van der Waals surface area contributed by atoms with E-state index in [0.717, 1.165) is 107 Å². The molecule has 11 aliphatic rings. The van der Waals surface area contributed by atoms with Crippen LogP contribution in [0.2, 0.25) is 0 Å². The standard InChI is InChI=1S/C64H100N2/c1-65-49-37-33-45(34-38-49)59(43-17-5-3-6-18-43)41-61-51-21-9-13-25-55(51)63(56-26-14-10-22-52(56)61)47-29-31-48(32-30-47)64-57-27-15-11-23-53(57)62(54-24-12-16-28-58(54)64)42-60(44-19-7-4-8-20-44)46-35-39-50(66-2)40-36-46/h41-58,61-64H,1,3-40H2/b59-41-,60-42-. The van der Waals surface area contributed by atoms with Crippen LogP contribution in [0.4, 0.5) is 0 Å². The minimum absolute atomic E-state index is 0.310. The summed E-state index contributed by atoms with van der Waals surface area (Å²) in [6.07, 6.45) is 62.4. The average Bonchev–Trinajstić information content (AvgIpc) is 3.39. The topological polar surface area (TPSA) is 16.7 Å². The van der Waals surface area contributed by atoms with Gasteiger partial charge < -0.3 is 4.85 Å². The van der Waals surface area contributed by atoms with Crippen LogP contribution >= 0.6 is 0 Å². The number of hydrogen-bond donors (Lipinski definition) is 0. The Labute approximate surface area is 407 Å². The quantitative estimate of drug-likeness (QED) is 0.125. The van der Waals surface area contributed by atoms with Crippen LogP contribution in [0.3, 0.4) is 0 Å². The first kappa shape index (κ1) is 47.0. The predicted octanol–water partition coefficient (Wildman–Crippen LogP) is 18.3. The van der Waals surface area contributed by atoms with Crippen molar-refractivity contribution in [1.29, 1.82) is 0 Å². The van der Waals surface area contributed by atoms with Gasteiger partial charge in [-0.1, -0.05) is 113 Å².